The number of anilines is 1. The fourth-order valence-electron chi connectivity index (χ4n) is 2.63. The Morgan fingerprint density at radius 2 is 1.70 bits per heavy atom. The van der Waals surface area contributed by atoms with Gasteiger partial charge in [-0.2, -0.15) is 0 Å². The van der Waals surface area contributed by atoms with E-state index in [2.05, 4.69) is 61.7 Å². The van der Waals surface area contributed by atoms with Gasteiger partial charge in [0, 0.05) is 5.69 Å². The summed E-state index contributed by atoms with van der Waals surface area (Å²) >= 11 is 5.47. The van der Waals surface area contributed by atoms with Crippen molar-refractivity contribution in [1.29, 1.82) is 0 Å². The molecule has 0 heterocycles. The van der Waals surface area contributed by atoms with Crippen LogP contribution in [0.15, 0.2) is 42.5 Å². The maximum atomic E-state index is 5.47. The lowest BCUT2D eigenvalue weighted by Crippen LogP contribution is -2.32. The molecule has 23 heavy (non-hydrogen) atoms. The van der Waals surface area contributed by atoms with Gasteiger partial charge in [0.2, 0.25) is 0 Å². The highest BCUT2D eigenvalue weighted by Crippen LogP contribution is 2.20. The maximum absolute atomic E-state index is 5.47. The van der Waals surface area contributed by atoms with E-state index in [0.717, 1.165) is 17.9 Å². The minimum absolute atomic E-state index is 0.173. The fraction of sp³-hybridized carbons (Fsp3) is 0.316. The minimum atomic E-state index is 0.173. The summed E-state index contributed by atoms with van der Waals surface area (Å²) < 4.78 is 5.21. The van der Waals surface area contributed by atoms with E-state index in [1.807, 2.05) is 12.1 Å². The molecular formula is C19H24N2OS. The van der Waals surface area contributed by atoms with E-state index in [4.69, 9.17) is 17.0 Å². The van der Waals surface area contributed by atoms with Gasteiger partial charge >= 0.3 is 0 Å². The van der Waals surface area contributed by atoms with E-state index in [1.54, 1.807) is 7.11 Å². The highest BCUT2D eigenvalue weighted by Gasteiger charge is 2.11. The predicted octanol–water partition coefficient (Wildman–Crippen LogP) is 4.75. The van der Waals surface area contributed by atoms with Crippen molar-refractivity contribution in [2.75, 3.05) is 12.4 Å². The first-order chi connectivity index (χ1) is 11.0. The van der Waals surface area contributed by atoms with Gasteiger partial charge in [-0.25, -0.2) is 0 Å². The summed E-state index contributed by atoms with van der Waals surface area (Å²) in [5.74, 6) is 0.861. The van der Waals surface area contributed by atoms with Crippen LogP contribution in [0.2, 0.25) is 0 Å². The lowest BCUT2D eigenvalue weighted by Gasteiger charge is -2.20. The number of thiocarbonyl (C=S) groups is 1. The van der Waals surface area contributed by atoms with Crippen molar-refractivity contribution in [3.8, 4) is 5.75 Å². The molecule has 0 bridgehead atoms. The molecule has 2 rings (SSSR count). The zero-order valence-electron chi connectivity index (χ0n) is 14.1. The van der Waals surface area contributed by atoms with E-state index >= 15 is 0 Å². The van der Waals surface area contributed by atoms with Gasteiger partial charge in [-0.1, -0.05) is 25.1 Å². The molecule has 4 heteroatoms. The Labute approximate surface area is 144 Å². The quantitative estimate of drug-likeness (QED) is 0.776. The molecular weight excluding hydrogens is 304 g/mol. The monoisotopic (exact) mass is 328 g/mol. The van der Waals surface area contributed by atoms with Crippen LogP contribution in [-0.4, -0.2) is 12.2 Å². The van der Waals surface area contributed by atoms with Crippen molar-refractivity contribution in [2.45, 2.75) is 33.2 Å². The molecule has 0 fully saturated rings. The van der Waals surface area contributed by atoms with E-state index in [0.29, 0.717) is 5.11 Å². The highest BCUT2D eigenvalue weighted by atomic mass is 32.1. The summed E-state index contributed by atoms with van der Waals surface area (Å²) in [5.41, 5.74) is 4.65. The van der Waals surface area contributed by atoms with Gasteiger partial charge in [0.1, 0.15) is 5.75 Å². The summed E-state index contributed by atoms with van der Waals surface area (Å²) in [6.07, 6.45) is 0.945. The van der Waals surface area contributed by atoms with Crippen molar-refractivity contribution < 1.29 is 4.74 Å². The molecule has 2 N–H and O–H groups in total. The molecule has 0 aliphatic heterocycles. The highest BCUT2D eigenvalue weighted by molar-refractivity contribution is 7.80. The average molecular weight is 328 g/mol. The third-order valence-electron chi connectivity index (χ3n) is 3.71. The summed E-state index contributed by atoms with van der Waals surface area (Å²) in [6, 6.07) is 14.6. The molecule has 0 aromatic heterocycles. The SMILES string of the molecule is CC[C@H](NC(=S)Nc1cc(C)cc(C)c1)c1ccc(OC)cc1. The number of nitrogens with one attached hydrogen (secondary N) is 2. The summed E-state index contributed by atoms with van der Waals surface area (Å²) in [6.45, 7) is 6.31. The first-order valence-electron chi connectivity index (χ1n) is 7.81. The lowest BCUT2D eigenvalue weighted by molar-refractivity contribution is 0.414. The van der Waals surface area contributed by atoms with Crippen LogP contribution in [0.5, 0.6) is 5.75 Å². The number of ether oxygens (including phenoxy) is 1. The largest absolute Gasteiger partial charge is 0.497 e. The van der Waals surface area contributed by atoms with E-state index in [-0.39, 0.29) is 6.04 Å². The van der Waals surface area contributed by atoms with Gasteiger partial charge in [-0.05, 0) is 73.4 Å². The molecule has 2 aromatic carbocycles. The van der Waals surface area contributed by atoms with Crippen LogP contribution in [-0.2, 0) is 0 Å². The van der Waals surface area contributed by atoms with Crippen LogP contribution in [0.25, 0.3) is 0 Å². The van der Waals surface area contributed by atoms with Crippen molar-refractivity contribution in [3.63, 3.8) is 0 Å². The Kier molecular flexibility index (Phi) is 5.99. The van der Waals surface area contributed by atoms with Gasteiger partial charge in [0.25, 0.3) is 0 Å². The number of hydrogen-bond donors (Lipinski definition) is 2. The summed E-state index contributed by atoms with van der Waals surface area (Å²) in [5, 5.41) is 7.30. The second-order valence-corrected chi connectivity index (χ2v) is 6.12. The zero-order chi connectivity index (χ0) is 16.8. The van der Waals surface area contributed by atoms with E-state index in [1.165, 1.54) is 16.7 Å². The Morgan fingerprint density at radius 1 is 1.09 bits per heavy atom. The van der Waals surface area contributed by atoms with Crippen molar-refractivity contribution >= 4 is 23.0 Å². The molecule has 2 aromatic rings. The Balaban J connectivity index is 2.03. The van der Waals surface area contributed by atoms with E-state index < -0.39 is 0 Å². The van der Waals surface area contributed by atoms with E-state index in [9.17, 15) is 0 Å². The molecule has 122 valence electrons. The molecule has 0 saturated carbocycles. The van der Waals surface area contributed by atoms with Gasteiger partial charge in [-0.3, -0.25) is 0 Å². The molecule has 0 aliphatic carbocycles. The third-order valence-corrected chi connectivity index (χ3v) is 3.93. The van der Waals surface area contributed by atoms with Crippen LogP contribution in [0.4, 0.5) is 5.69 Å². The first kappa shape index (κ1) is 17.3. The molecule has 1 atom stereocenters. The van der Waals surface area contributed by atoms with Gasteiger partial charge in [0.05, 0.1) is 13.2 Å². The van der Waals surface area contributed by atoms with Crippen molar-refractivity contribution in [3.05, 3.63) is 59.2 Å². The van der Waals surface area contributed by atoms with Crippen molar-refractivity contribution in [2.24, 2.45) is 0 Å². The molecule has 0 spiro atoms. The third kappa shape index (κ3) is 4.96. The Morgan fingerprint density at radius 3 is 2.22 bits per heavy atom. The Bertz CT molecular complexity index is 647. The minimum Gasteiger partial charge on any atom is -0.497 e. The lowest BCUT2D eigenvalue weighted by atomic mass is 10.0. The van der Waals surface area contributed by atoms with Crippen LogP contribution < -0.4 is 15.4 Å². The summed E-state index contributed by atoms with van der Waals surface area (Å²) in [7, 11) is 1.67. The Hall–Kier alpha value is -2.07. The average Bonchev–Trinajstić information content (AvgIpc) is 2.51. The number of rotatable bonds is 5. The normalized spacial score (nSPS) is 11.7. The number of benzene rings is 2. The topological polar surface area (TPSA) is 33.3 Å². The smallest absolute Gasteiger partial charge is 0.171 e. The predicted molar refractivity (Wildman–Crippen MR) is 101 cm³/mol. The number of methoxy groups -OCH3 is 1. The van der Waals surface area contributed by atoms with Gasteiger partial charge in [0.15, 0.2) is 5.11 Å². The van der Waals surface area contributed by atoms with Crippen LogP contribution in [0, 0.1) is 13.8 Å². The van der Waals surface area contributed by atoms with Crippen molar-refractivity contribution in [1.82, 2.24) is 5.32 Å². The second-order valence-electron chi connectivity index (χ2n) is 5.71. The molecule has 0 amide bonds. The summed E-state index contributed by atoms with van der Waals surface area (Å²) in [4.78, 5) is 0. The first-order valence-corrected chi connectivity index (χ1v) is 8.22. The second kappa shape index (κ2) is 7.97. The molecule has 0 radical (unpaired) electrons. The standard InChI is InChI=1S/C19H24N2OS/c1-5-18(15-6-8-17(22-4)9-7-15)21-19(23)20-16-11-13(2)10-14(3)12-16/h6-12,18H,5H2,1-4H3,(H2,20,21,23)/t18-/m0/s1. The fourth-order valence-corrected chi connectivity index (χ4v) is 2.89. The van der Waals surface area contributed by atoms with Gasteiger partial charge < -0.3 is 15.4 Å². The maximum Gasteiger partial charge on any atom is 0.171 e. The molecule has 3 nitrogen and oxygen atoms in total. The number of aryl methyl sites for hydroxylation is 2. The van der Waals surface area contributed by atoms with Gasteiger partial charge in [-0.15, -0.1) is 0 Å². The van der Waals surface area contributed by atoms with Crippen LogP contribution >= 0.6 is 12.2 Å². The molecule has 0 saturated heterocycles. The zero-order valence-corrected chi connectivity index (χ0v) is 15.0. The molecule has 0 aliphatic rings. The molecule has 0 unspecified atom stereocenters. The van der Waals surface area contributed by atoms with Crippen LogP contribution in [0.3, 0.4) is 0 Å². The number of hydrogen-bond acceptors (Lipinski definition) is 2. The van der Waals surface area contributed by atoms with Crippen LogP contribution in [0.1, 0.15) is 36.1 Å².